The maximum absolute atomic E-state index is 11.9. The van der Waals surface area contributed by atoms with Crippen LogP contribution >= 0.6 is 0 Å². The van der Waals surface area contributed by atoms with Crippen molar-refractivity contribution in [3.05, 3.63) is 53.6 Å². The lowest BCUT2D eigenvalue weighted by Gasteiger charge is -2.09. The predicted molar refractivity (Wildman–Crippen MR) is 84.1 cm³/mol. The van der Waals surface area contributed by atoms with Gasteiger partial charge in [-0.05, 0) is 36.2 Å². The Balaban J connectivity index is 1.49. The van der Waals surface area contributed by atoms with Crippen molar-refractivity contribution >= 4 is 11.6 Å². The van der Waals surface area contributed by atoms with E-state index in [1.54, 1.807) is 0 Å². The van der Waals surface area contributed by atoms with Crippen LogP contribution in [0.1, 0.15) is 11.1 Å². The standard InChI is InChI=1S/C17H18N2O3/c1-12-4-2-3-5-14(12)19-17(20)10-18-9-13-6-7-15-16(8-13)22-11-21-15/h2-8,18H,9-11H2,1H3,(H,19,20). The van der Waals surface area contributed by atoms with Crippen molar-refractivity contribution in [3.63, 3.8) is 0 Å². The van der Waals surface area contributed by atoms with Gasteiger partial charge in [-0.1, -0.05) is 24.3 Å². The molecule has 2 N–H and O–H groups in total. The van der Waals surface area contributed by atoms with Crippen molar-refractivity contribution in [2.75, 3.05) is 18.7 Å². The van der Waals surface area contributed by atoms with Gasteiger partial charge in [-0.2, -0.15) is 0 Å². The molecule has 0 aliphatic carbocycles. The van der Waals surface area contributed by atoms with Crippen molar-refractivity contribution < 1.29 is 14.3 Å². The Kier molecular flexibility index (Phi) is 4.25. The van der Waals surface area contributed by atoms with E-state index in [2.05, 4.69) is 10.6 Å². The maximum atomic E-state index is 11.9. The molecule has 0 aromatic heterocycles. The number of hydrogen-bond donors (Lipinski definition) is 2. The summed E-state index contributed by atoms with van der Waals surface area (Å²) >= 11 is 0. The highest BCUT2D eigenvalue weighted by Crippen LogP contribution is 2.32. The third-order valence-corrected chi connectivity index (χ3v) is 3.47. The number of para-hydroxylation sites is 1. The first-order valence-corrected chi connectivity index (χ1v) is 7.17. The lowest BCUT2D eigenvalue weighted by atomic mass is 10.2. The van der Waals surface area contributed by atoms with Gasteiger partial charge in [0.15, 0.2) is 11.5 Å². The van der Waals surface area contributed by atoms with Crippen molar-refractivity contribution in [1.82, 2.24) is 5.32 Å². The molecule has 1 aliphatic rings. The summed E-state index contributed by atoms with van der Waals surface area (Å²) in [6.07, 6.45) is 0. The van der Waals surface area contributed by atoms with Crippen LogP contribution in [0.25, 0.3) is 0 Å². The molecular weight excluding hydrogens is 280 g/mol. The van der Waals surface area contributed by atoms with E-state index in [0.717, 1.165) is 28.3 Å². The zero-order valence-electron chi connectivity index (χ0n) is 12.4. The maximum Gasteiger partial charge on any atom is 0.238 e. The van der Waals surface area contributed by atoms with Crippen molar-refractivity contribution in [2.24, 2.45) is 0 Å². The molecule has 0 bridgehead atoms. The molecule has 5 nitrogen and oxygen atoms in total. The van der Waals surface area contributed by atoms with Gasteiger partial charge in [0.1, 0.15) is 0 Å². The van der Waals surface area contributed by atoms with Gasteiger partial charge in [0, 0.05) is 12.2 Å². The summed E-state index contributed by atoms with van der Waals surface area (Å²) in [7, 11) is 0. The second kappa shape index (κ2) is 6.49. The molecule has 114 valence electrons. The quantitative estimate of drug-likeness (QED) is 0.890. The highest BCUT2D eigenvalue weighted by Gasteiger charge is 2.13. The molecule has 2 aromatic carbocycles. The second-order valence-corrected chi connectivity index (χ2v) is 5.15. The molecule has 0 unspecified atom stereocenters. The van der Waals surface area contributed by atoms with E-state index in [1.165, 1.54) is 0 Å². The van der Waals surface area contributed by atoms with Crippen molar-refractivity contribution in [2.45, 2.75) is 13.5 Å². The van der Waals surface area contributed by atoms with Crippen LogP contribution in [0.4, 0.5) is 5.69 Å². The number of amides is 1. The van der Waals surface area contributed by atoms with E-state index in [9.17, 15) is 4.79 Å². The fourth-order valence-electron chi connectivity index (χ4n) is 2.28. The number of fused-ring (bicyclic) bond motifs is 1. The monoisotopic (exact) mass is 298 g/mol. The van der Waals surface area contributed by atoms with E-state index < -0.39 is 0 Å². The third-order valence-electron chi connectivity index (χ3n) is 3.47. The summed E-state index contributed by atoms with van der Waals surface area (Å²) in [6.45, 7) is 3.08. The Hall–Kier alpha value is -2.53. The molecule has 5 heteroatoms. The van der Waals surface area contributed by atoms with Crippen LogP contribution in [0, 0.1) is 6.92 Å². The number of ether oxygens (including phenoxy) is 2. The number of aryl methyl sites for hydroxylation is 1. The second-order valence-electron chi connectivity index (χ2n) is 5.15. The van der Waals surface area contributed by atoms with Gasteiger partial charge in [-0.3, -0.25) is 4.79 Å². The fourth-order valence-corrected chi connectivity index (χ4v) is 2.28. The minimum absolute atomic E-state index is 0.0601. The fraction of sp³-hybridized carbons (Fsp3) is 0.235. The Bertz CT molecular complexity index is 685. The summed E-state index contributed by atoms with van der Waals surface area (Å²) in [5.41, 5.74) is 2.94. The highest BCUT2D eigenvalue weighted by atomic mass is 16.7. The SMILES string of the molecule is Cc1ccccc1NC(=O)CNCc1ccc2c(c1)OCO2. The largest absolute Gasteiger partial charge is 0.454 e. The number of carbonyl (C=O) groups is 1. The van der Waals surface area contributed by atoms with Crippen LogP contribution in [0.3, 0.4) is 0 Å². The average molecular weight is 298 g/mol. The van der Waals surface area contributed by atoms with Gasteiger partial charge in [-0.25, -0.2) is 0 Å². The highest BCUT2D eigenvalue weighted by molar-refractivity contribution is 5.92. The molecule has 1 aliphatic heterocycles. The topological polar surface area (TPSA) is 59.6 Å². The third kappa shape index (κ3) is 3.38. The van der Waals surface area contributed by atoms with E-state index in [1.807, 2.05) is 49.4 Å². The smallest absolute Gasteiger partial charge is 0.238 e. The number of carbonyl (C=O) groups excluding carboxylic acids is 1. The van der Waals surface area contributed by atoms with E-state index >= 15 is 0 Å². The molecular formula is C17H18N2O3. The summed E-state index contributed by atoms with van der Waals surface area (Å²) in [5, 5.41) is 6.02. The number of anilines is 1. The van der Waals surface area contributed by atoms with Gasteiger partial charge in [0.25, 0.3) is 0 Å². The van der Waals surface area contributed by atoms with E-state index in [-0.39, 0.29) is 19.2 Å². The predicted octanol–water partition coefficient (Wildman–Crippen LogP) is 2.45. The van der Waals surface area contributed by atoms with Gasteiger partial charge in [0.2, 0.25) is 12.7 Å². The molecule has 0 spiro atoms. The summed E-state index contributed by atoms with van der Waals surface area (Å²) in [4.78, 5) is 11.9. The summed E-state index contributed by atoms with van der Waals surface area (Å²) in [5.74, 6) is 1.46. The van der Waals surface area contributed by atoms with Crippen molar-refractivity contribution in [3.8, 4) is 11.5 Å². The van der Waals surface area contributed by atoms with Gasteiger partial charge in [0.05, 0.1) is 6.54 Å². The average Bonchev–Trinajstić information content (AvgIpc) is 2.97. The molecule has 1 heterocycles. The molecule has 3 rings (SSSR count). The normalized spacial score (nSPS) is 12.2. The first kappa shape index (κ1) is 14.4. The number of benzene rings is 2. The van der Waals surface area contributed by atoms with Gasteiger partial charge >= 0.3 is 0 Å². The van der Waals surface area contributed by atoms with Crippen LogP contribution in [0.2, 0.25) is 0 Å². The Morgan fingerprint density at radius 3 is 2.82 bits per heavy atom. The summed E-state index contributed by atoms with van der Waals surface area (Å²) in [6, 6.07) is 13.5. The van der Waals surface area contributed by atoms with E-state index in [0.29, 0.717) is 6.54 Å². The molecule has 0 fully saturated rings. The lowest BCUT2D eigenvalue weighted by molar-refractivity contribution is -0.115. The molecule has 1 amide bonds. The Labute approximate surface area is 129 Å². The van der Waals surface area contributed by atoms with Crippen molar-refractivity contribution in [1.29, 1.82) is 0 Å². The van der Waals surface area contributed by atoms with Crippen LogP contribution in [-0.4, -0.2) is 19.2 Å². The zero-order chi connectivity index (χ0) is 15.4. The first-order chi connectivity index (χ1) is 10.7. The number of hydrogen-bond acceptors (Lipinski definition) is 4. The number of nitrogens with one attached hydrogen (secondary N) is 2. The van der Waals surface area contributed by atoms with Crippen LogP contribution < -0.4 is 20.1 Å². The molecule has 0 atom stereocenters. The Morgan fingerprint density at radius 1 is 1.14 bits per heavy atom. The number of rotatable bonds is 5. The van der Waals surface area contributed by atoms with Crippen LogP contribution in [0.15, 0.2) is 42.5 Å². The van der Waals surface area contributed by atoms with E-state index in [4.69, 9.17) is 9.47 Å². The first-order valence-electron chi connectivity index (χ1n) is 7.17. The molecule has 22 heavy (non-hydrogen) atoms. The summed E-state index contributed by atoms with van der Waals surface area (Å²) < 4.78 is 10.6. The lowest BCUT2D eigenvalue weighted by Crippen LogP contribution is -2.27. The van der Waals surface area contributed by atoms with Crippen LogP contribution in [0.5, 0.6) is 11.5 Å². The molecule has 0 radical (unpaired) electrons. The van der Waals surface area contributed by atoms with Crippen LogP contribution in [-0.2, 0) is 11.3 Å². The molecule has 0 saturated heterocycles. The van der Waals surface area contributed by atoms with Gasteiger partial charge < -0.3 is 20.1 Å². The minimum atomic E-state index is -0.0601. The molecule has 0 saturated carbocycles. The van der Waals surface area contributed by atoms with Gasteiger partial charge in [-0.15, -0.1) is 0 Å². The molecule has 2 aromatic rings. The zero-order valence-corrected chi connectivity index (χ0v) is 12.4. The Morgan fingerprint density at radius 2 is 1.95 bits per heavy atom. The minimum Gasteiger partial charge on any atom is -0.454 e.